The monoisotopic (exact) mass is 362 g/mol. The molecule has 0 aliphatic rings. The van der Waals surface area contributed by atoms with Gasteiger partial charge in [0, 0.05) is 0 Å². The number of nitrogens with one attached hydrogen (secondary N) is 3. The normalized spacial score (nSPS) is 12.4. The summed E-state index contributed by atoms with van der Waals surface area (Å²) in [6.45, 7) is -1.24. The van der Waals surface area contributed by atoms with Crippen LogP contribution in [0.1, 0.15) is 12.8 Å². The third-order valence-corrected chi connectivity index (χ3v) is 2.65. The molecular formula is C12H18N4O9. The van der Waals surface area contributed by atoms with E-state index < -0.39 is 73.6 Å². The molecule has 13 heteroatoms. The van der Waals surface area contributed by atoms with Crippen molar-refractivity contribution >= 4 is 35.6 Å². The summed E-state index contributed by atoms with van der Waals surface area (Å²) in [5.41, 5.74) is 5.04. The molecule has 0 fully saturated rings. The van der Waals surface area contributed by atoms with E-state index in [2.05, 4.69) is 0 Å². The lowest BCUT2D eigenvalue weighted by atomic mass is 10.2. The number of carboxylic acid groups (broad SMARTS) is 3. The van der Waals surface area contributed by atoms with Gasteiger partial charge in [0.1, 0.15) is 12.1 Å². The molecule has 0 aromatic heterocycles. The Hall–Kier alpha value is -3.22. The number of hydrogen-bond acceptors (Lipinski definition) is 7. The van der Waals surface area contributed by atoms with Crippen LogP contribution in [0.2, 0.25) is 0 Å². The second kappa shape index (κ2) is 10.5. The van der Waals surface area contributed by atoms with E-state index in [1.165, 1.54) is 0 Å². The molecule has 0 saturated heterocycles. The second-order valence-corrected chi connectivity index (χ2v) is 4.70. The van der Waals surface area contributed by atoms with Crippen LogP contribution in [-0.4, -0.2) is 76.1 Å². The molecule has 2 unspecified atom stereocenters. The van der Waals surface area contributed by atoms with Gasteiger partial charge in [-0.05, 0) is 0 Å². The summed E-state index contributed by atoms with van der Waals surface area (Å²) >= 11 is 0. The molecule has 0 aliphatic carbocycles. The first-order valence-corrected chi connectivity index (χ1v) is 6.79. The summed E-state index contributed by atoms with van der Waals surface area (Å²) in [7, 11) is 0. The first-order chi connectivity index (χ1) is 11.6. The molecule has 0 rings (SSSR count). The number of nitrogens with two attached hydrogens (primary N) is 1. The van der Waals surface area contributed by atoms with Crippen LogP contribution in [0.4, 0.5) is 0 Å². The van der Waals surface area contributed by atoms with Crippen LogP contribution in [0, 0.1) is 0 Å². The summed E-state index contributed by atoms with van der Waals surface area (Å²) in [5, 5.41) is 31.9. The number of carboxylic acids is 3. The maximum absolute atomic E-state index is 11.8. The number of carbonyl (C=O) groups excluding carboxylic acids is 3. The molecule has 25 heavy (non-hydrogen) atoms. The van der Waals surface area contributed by atoms with Gasteiger partial charge in [-0.2, -0.15) is 0 Å². The SMILES string of the molecule is NCC(=O)NC(CC(=O)O)C(=O)NCC(=O)NC(CC(=O)O)C(=O)O. The van der Waals surface area contributed by atoms with Gasteiger partial charge < -0.3 is 37.0 Å². The Morgan fingerprint density at radius 3 is 1.72 bits per heavy atom. The Morgan fingerprint density at radius 2 is 1.28 bits per heavy atom. The van der Waals surface area contributed by atoms with Gasteiger partial charge in [-0.1, -0.05) is 0 Å². The van der Waals surface area contributed by atoms with Crippen molar-refractivity contribution in [3.8, 4) is 0 Å². The van der Waals surface area contributed by atoms with Crippen molar-refractivity contribution < 1.29 is 44.1 Å². The predicted molar refractivity (Wildman–Crippen MR) is 78.1 cm³/mol. The van der Waals surface area contributed by atoms with Crippen molar-refractivity contribution in [3.63, 3.8) is 0 Å². The van der Waals surface area contributed by atoms with E-state index >= 15 is 0 Å². The fourth-order valence-corrected chi connectivity index (χ4v) is 1.55. The van der Waals surface area contributed by atoms with E-state index in [-0.39, 0.29) is 0 Å². The topological polar surface area (TPSA) is 225 Å². The molecule has 0 saturated carbocycles. The predicted octanol–water partition coefficient (Wildman–Crippen LogP) is -3.94. The smallest absolute Gasteiger partial charge is 0.326 e. The van der Waals surface area contributed by atoms with Crippen LogP contribution in [0.25, 0.3) is 0 Å². The zero-order valence-electron chi connectivity index (χ0n) is 12.9. The summed E-state index contributed by atoms with van der Waals surface area (Å²) in [6, 6.07) is -3.19. The maximum atomic E-state index is 11.8. The van der Waals surface area contributed by atoms with Crippen molar-refractivity contribution in [3.05, 3.63) is 0 Å². The molecule has 0 heterocycles. The minimum absolute atomic E-state index is 0.487. The van der Waals surface area contributed by atoms with Crippen LogP contribution in [0.15, 0.2) is 0 Å². The fourth-order valence-electron chi connectivity index (χ4n) is 1.55. The van der Waals surface area contributed by atoms with Crippen molar-refractivity contribution in [1.82, 2.24) is 16.0 Å². The van der Waals surface area contributed by atoms with Gasteiger partial charge in [0.15, 0.2) is 0 Å². The van der Waals surface area contributed by atoms with Gasteiger partial charge in [0.25, 0.3) is 0 Å². The highest BCUT2D eigenvalue weighted by atomic mass is 16.4. The minimum Gasteiger partial charge on any atom is -0.481 e. The number of amides is 3. The van der Waals surface area contributed by atoms with Crippen LogP contribution in [0.5, 0.6) is 0 Å². The van der Waals surface area contributed by atoms with E-state index in [1.54, 1.807) is 0 Å². The number of rotatable bonds is 11. The quantitative estimate of drug-likeness (QED) is 0.189. The van der Waals surface area contributed by atoms with Crippen molar-refractivity contribution in [2.24, 2.45) is 5.73 Å². The first-order valence-electron chi connectivity index (χ1n) is 6.79. The summed E-state index contributed by atoms with van der Waals surface area (Å²) < 4.78 is 0. The van der Waals surface area contributed by atoms with Crippen LogP contribution >= 0.6 is 0 Å². The number of hydrogen-bond donors (Lipinski definition) is 7. The highest BCUT2D eigenvalue weighted by molar-refractivity contribution is 5.94. The zero-order chi connectivity index (χ0) is 19.6. The van der Waals surface area contributed by atoms with Gasteiger partial charge in [0.2, 0.25) is 17.7 Å². The van der Waals surface area contributed by atoms with E-state index in [0.29, 0.717) is 0 Å². The average molecular weight is 362 g/mol. The third-order valence-electron chi connectivity index (χ3n) is 2.65. The Labute approximate surface area is 140 Å². The lowest BCUT2D eigenvalue weighted by molar-refractivity contribution is -0.147. The second-order valence-electron chi connectivity index (χ2n) is 4.70. The highest BCUT2D eigenvalue weighted by Crippen LogP contribution is 1.95. The number of carbonyl (C=O) groups is 6. The van der Waals surface area contributed by atoms with Gasteiger partial charge in [-0.25, -0.2) is 4.79 Å². The fraction of sp³-hybridized carbons (Fsp3) is 0.500. The molecular weight excluding hydrogens is 344 g/mol. The lowest BCUT2D eigenvalue weighted by Crippen LogP contribution is -2.52. The molecule has 0 spiro atoms. The summed E-state index contributed by atoms with van der Waals surface area (Å²) in [6.07, 6.45) is -1.64. The molecule has 8 N–H and O–H groups in total. The molecule has 13 nitrogen and oxygen atoms in total. The van der Waals surface area contributed by atoms with E-state index in [1.807, 2.05) is 16.0 Å². The summed E-state index contributed by atoms with van der Waals surface area (Å²) in [5.74, 6) is -7.25. The number of aliphatic carboxylic acids is 3. The average Bonchev–Trinajstić information content (AvgIpc) is 2.50. The molecule has 0 aromatic rings. The van der Waals surface area contributed by atoms with Gasteiger partial charge in [-0.15, -0.1) is 0 Å². The van der Waals surface area contributed by atoms with Gasteiger partial charge >= 0.3 is 17.9 Å². The lowest BCUT2D eigenvalue weighted by Gasteiger charge is -2.17. The van der Waals surface area contributed by atoms with E-state index in [0.717, 1.165) is 0 Å². The minimum atomic E-state index is -1.70. The van der Waals surface area contributed by atoms with Crippen molar-refractivity contribution in [1.29, 1.82) is 0 Å². The molecule has 0 bridgehead atoms. The Kier molecular flexibility index (Phi) is 9.18. The molecule has 3 amide bonds. The van der Waals surface area contributed by atoms with Crippen LogP contribution in [-0.2, 0) is 28.8 Å². The van der Waals surface area contributed by atoms with Gasteiger partial charge in [-0.3, -0.25) is 24.0 Å². The van der Waals surface area contributed by atoms with Crippen molar-refractivity contribution in [2.45, 2.75) is 24.9 Å². The molecule has 0 aliphatic heterocycles. The molecule has 2 atom stereocenters. The summed E-state index contributed by atoms with van der Waals surface area (Å²) in [4.78, 5) is 66.5. The Balaban J connectivity index is 4.67. The first kappa shape index (κ1) is 21.8. The Morgan fingerprint density at radius 1 is 0.800 bits per heavy atom. The van der Waals surface area contributed by atoms with E-state index in [9.17, 15) is 28.8 Å². The van der Waals surface area contributed by atoms with Gasteiger partial charge in [0.05, 0.1) is 25.9 Å². The molecule has 0 radical (unpaired) electrons. The highest BCUT2D eigenvalue weighted by Gasteiger charge is 2.26. The maximum Gasteiger partial charge on any atom is 0.326 e. The van der Waals surface area contributed by atoms with E-state index in [4.69, 9.17) is 21.1 Å². The van der Waals surface area contributed by atoms with Crippen LogP contribution in [0.3, 0.4) is 0 Å². The van der Waals surface area contributed by atoms with Crippen LogP contribution < -0.4 is 21.7 Å². The molecule has 0 aromatic carbocycles. The zero-order valence-corrected chi connectivity index (χ0v) is 12.9. The largest absolute Gasteiger partial charge is 0.481 e. The molecule has 140 valence electrons. The Bertz CT molecular complexity index is 563. The van der Waals surface area contributed by atoms with Crippen molar-refractivity contribution in [2.75, 3.05) is 13.1 Å². The third kappa shape index (κ3) is 9.50. The standard InChI is InChI=1S/C12H18N4O9/c13-3-7(17)15-5(1-9(19)20)11(23)14-4-8(18)16-6(12(24)25)2-10(21)22/h5-6H,1-4,13H2,(H,14,23)(H,15,17)(H,16,18)(H,19,20)(H,21,22)(H,24,25).